The van der Waals surface area contributed by atoms with Crippen molar-refractivity contribution < 1.29 is 20.1 Å². The second kappa shape index (κ2) is 18.0. The van der Waals surface area contributed by atoms with Gasteiger partial charge >= 0.3 is 20.8 Å². The minimum atomic E-state index is -0.0455. The number of fused-ring (bicyclic) bond motifs is 6. The summed E-state index contributed by atoms with van der Waals surface area (Å²) in [6.45, 7) is 15.5. The number of hydrogen-bond acceptors (Lipinski definition) is 6. The first kappa shape index (κ1) is 44.7. The Balaban J connectivity index is 0.000000165. The van der Waals surface area contributed by atoms with Crippen molar-refractivity contribution >= 4 is 77.4 Å². The Morgan fingerprint density at radius 1 is 0.545 bits per heavy atom. The van der Waals surface area contributed by atoms with Gasteiger partial charge in [-0.25, -0.2) is 4.98 Å². The molecule has 0 N–H and O–H groups in total. The van der Waals surface area contributed by atoms with Crippen molar-refractivity contribution in [3.8, 4) is 11.4 Å². The van der Waals surface area contributed by atoms with Crippen molar-refractivity contribution in [1.82, 2.24) is 19.3 Å². The van der Waals surface area contributed by atoms with Crippen LogP contribution in [0, 0.1) is 60.6 Å². The number of rotatable bonds is 5. The quantitative estimate of drug-likeness (QED) is 0.127. The van der Waals surface area contributed by atoms with Crippen molar-refractivity contribution in [3.05, 3.63) is 203 Å². The molecule has 0 aliphatic carbocycles. The zero-order valence-electron chi connectivity index (χ0n) is 39.1. The molecule has 0 saturated heterocycles. The maximum absolute atomic E-state index is 5.26. The Kier molecular flexibility index (Phi) is 12.2. The van der Waals surface area contributed by atoms with Crippen LogP contribution in [-0.2, 0) is 20.1 Å². The molecule has 0 atom stereocenters. The summed E-state index contributed by atoms with van der Waals surface area (Å²) in [7, 11) is 4.38. The fourth-order valence-corrected chi connectivity index (χ4v) is 10.6. The van der Waals surface area contributed by atoms with E-state index in [0.717, 1.165) is 45.6 Å². The van der Waals surface area contributed by atoms with E-state index in [1.807, 2.05) is 24.4 Å². The van der Waals surface area contributed by atoms with Gasteiger partial charge in [-0.05, 0) is 115 Å². The maximum Gasteiger partial charge on any atom is 0.420 e. The first-order chi connectivity index (χ1) is 31.5. The van der Waals surface area contributed by atoms with Crippen molar-refractivity contribution in [1.29, 1.82) is 0 Å². The van der Waals surface area contributed by atoms with Gasteiger partial charge in [-0.3, -0.25) is 4.98 Å². The summed E-state index contributed by atoms with van der Waals surface area (Å²) in [5.74, 6) is 1.96. The fraction of sp³-hybridized carbons (Fsp3) is 0.164. The number of aromatic nitrogens is 3. The van der Waals surface area contributed by atoms with Gasteiger partial charge in [0.15, 0.2) is 0 Å². The third kappa shape index (κ3) is 7.39. The van der Waals surface area contributed by atoms with Crippen LogP contribution in [-0.4, -0.2) is 54.2 Å². The molecule has 3 aliphatic heterocycles. The molecule has 66 heavy (non-hydrogen) atoms. The second-order valence-corrected chi connectivity index (χ2v) is 17.8. The largest absolute Gasteiger partial charge is 0.436 e. The molecule has 11 rings (SSSR count). The summed E-state index contributed by atoms with van der Waals surface area (Å²) in [5, 5.41) is 0. The van der Waals surface area contributed by atoms with E-state index in [9.17, 15) is 0 Å². The third-order valence-corrected chi connectivity index (χ3v) is 13.6. The van der Waals surface area contributed by atoms with E-state index in [4.69, 9.17) is 9.97 Å². The van der Waals surface area contributed by atoms with Crippen LogP contribution >= 0.6 is 0 Å². The van der Waals surface area contributed by atoms with Crippen molar-refractivity contribution in [2.75, 3.05) is 28.5 Å². The molecule has 327 valence electrons. The summed E-state index contributed by atoms with van der Waals surface area (Å²) in [6.07, 6.45) is 6.24. The van der Waals surface area contributed by atoms with E-state index in [1.54, 1.807) is 0 Å². The Hall–Kier alpha value is -6.54. The van der Waals surface area contributed by atoms with E-state index in [0.29, 0.717) is 0 Å². The van der Waals surface area contributed by atoms with Crippen LogP contribution in [0.15, 0.2) is 146 Å². The van der Waals surface area contributed by atoms with Crippen LogP contribution in [0.5, 0.6) is 0 Å². The number of aryl methyl sites for hydroxylation is 7. The van der Waals surface area contributed by atoms with E-state index >= 15 is 0 Å². The second-order valence-electron chi connectivity index (χ2n) is 17.8. The van der Waals surface area contributed by atoms with Gasteiger partial charge < -0.3 is 23.7 Å². The van der Waals surface area contributed by atoms with Gasteiger partial charge in [0.1, 0.15) is 5.82 Å². The molecule has 0 saturated carbocycles. The van der Waals surface area contributed by atoms with Gasteiger partial charge in [-0.15, -0.1) is 30.3 Å². The molecular formula is C55H52B3IrN7-2. The molecule has 3 aliphatic rings. The van der Waals surface area contributed by atoms with Crippen LogP contribution < -0.4 is 36.4 Å². The molecule has 0 unspecified atom stereocenters. The molecule has 8 aromatic rings. The third-order valence-electron chi connectivity index (χ3n) is 13.6. The van der Waals surface area contributed by atoms with Crippen molar-refractivity contribution in [2.24, 2.45) is 0 Å². The zero-order chi connectivity index (χ0) is 45.1. The Labute approximate surface area is 405 Å². The van der Waals surface area contributed by atoms with Crippen LogP contribution in [0.2, 0.25) is 0 Å². The van der Waals surface area contributed by atoms with Crippen molar-refractivity contribution in [2.45, 2.75) is 48.5 Å². The minimum absolute atomic E-state index is 0. The molecule has 2 aromatic heterocycles. The number of imidazole rings is 1. The minimum Gasteiger partial charge on any atom is -0.436 e. The summed E-state index contributed by atoms with van der Waals surface area (Å²) in [5.41, 5.74) is 20.8. The van der Waals surface area contributed by atoms with E-state index in [1.165, 1.54) is 60.9 Å². The molecule has 7 nitrogen and oxygen atoms in total. The summed E-state index contributed by atoms with van der Waals surface area (Å²) >= 11 is 0. The predicted octanol–water partition coefficient (Wildman–Crippen LogP) is 8.79. The standard InChI is InChI=1S/C29H29B2N4.C26H23BN3.Ir/c1-19-11-9-12-20(2)26(19)30-28-24(17-18-33(30)5)32-29-23-15-7-8-16-25(23)34(6)31(35(28)29)27-21(3)13-10-14-22(27)4;1-19-11-10-12-20(2)24(19)27-29(22-13-6-4-7-14-22)25-21(3)17-18-28-26(25)30(27)23-15-8-5-9-16-23;/h7-14,16-18H,1-6H3;4-15,17-18H,1-3H3;/q2*-1;. The number of hydrogen-bond donors (Lipinski definition) is 0. The van der Waals surface area contributed by atoms with Crippen LogP contribution in [0.1, 0.15) is 44.6 Å². The average Bonchev–Trinajstić information content (AvgIpc) is 3.86. The van der Waals surface area contributed by atoms with E-state index in [2.05, 4.69) is 226 Å². The van der Waals surface area contributed by atoms with Crippen LogP contribution in [0.25, 0.3) is 17.5 Å². The molecule has 0 bridgehead atoms. The Morgan fingerprint density at radius 2 is 1.14 bits per heavy atom. The van der Waals surface area contributed by atoms with E-state index < -0.39 is 0 Å². The van der Waals surface area contributed by atoms with Crippen LogP contribution in [0.3, 0.4) is 0 Å². The molecular weight excluding hydrogens is 983 g/mol. The molecule has 1 radical (unpaired) electrons. The Morgan fingerprint density at radius 3 is 1.76 bits per heavy atom. The van der Waals surface area contributed by atoms with Gasteiger partial charge in [0.2, 0.25) is 0 Å². The topological polar surface area (TPSA) is 43.7 Å². The van der Waals surface area contributed by atoms with Gasteiger partial charge in [-0.2, -0.15) is 24.3 Å². The fourth-order valence-electron chi connectivity index (χ4n) is 10.6. The molecule has 5 heterocycles. The predicted molar refractivity (Wildman–Crippen MR) is 276 cm³/mol. The van der Waals surface area contributed by atoms with Gasteiger partial charge in [-0.1, -0.05) is 123 Å². The SMILES string of the molecule is Cc1cccc(C)c1B1N(c2[c-]cccc2)c2nccc(C)c2N1c1ccccc1.Cc1cccc(C)c1B1c2c(nc3n2B(c2c(C)cccc2C)N(C)c2ccc[c-]c2-3)C=CN1C.[Ir]. The molecule has 0 amide bonds. The summed E-state index contributed by atoms with van der Waals surface area (Å²) < 4.78 is 2.49. The summed E-state index contributed by atoms with van der Waals surface area (Å²) in [6, 6.07) is 53.8. The Bertz CT molecular complexity index is 3060. The first-order valence-corrected chi connectivity index (χ1v) is 22.6. The van der Waals surface area contributed by atoms with Crippen LogP contribution in [0.4, 0.5) is 28.6 Å². The van der Waals surface area contributed by atoms with Gasteiger partial charge in [0.05, 0.1) is 11.4 Å². The number of pyridine rings is 1. The van der Waals surface area contributed by atoms with Gasteiger partial charge in [0, 0.05) is 43.4 Å². The molecule has 0 spiro atoms. The number of para-hydroxylation sites is 2. The number of anilines is 5. The zero-order valence-corrected chi connectivity index (χ0v) is 41.5. The molecule has 6 aromatic carbocycles. The smallest absolute Gasteiger partial charge is 0.420 e. The number of nitrogens with zero attached hydrogens (tertiary/aromatic N) is 7. The molecule has 11 heteroatoms. The normalized spacial score (nSPS) is 13.4. The molecule has 0 fully saturated rings. The maximum atomic E-state index is 5.26. The first-order valence-electron chi connectivity index (χ1n) is 22.6. The van der Waals surface area contributed by atoms with E-state index in [-0.39, 0.29) is 40.9 Å². The average molecular weight is 1040 g/mol. The number of benzene rings is 6. The van der Waals surface area contributed by atoms with Crippen molar-refractivity contribution in [3.63, 3.8) is 0 Å². The summed E-state index contributed by atoms with van der Waals surface area (Å²) in [4.78, 5) is 19.6. The monoisotopic (exact) mass is 1040 g/mol. The van der Waals surface area contributed by atoms with Gasteiger partial charge in [0.25, 0.3) is 0 Å².